The van der Waals surface area contributed by atoms with E-state index in [0.29, 0.717) is 5.92 Å². The zero-order valence-electron chi connectivity index (χ0n) is 14.6. The Kier molecular flexibility index (Phi) is 6.13. The molecule has 126 valence electrons. The van der Waals surface area contributed by atoms with E-state index in [4.69, 9.17) is 4.74 Å². The van der Waals surface area contributed by atoms with E-state index in [1.165, 1.54) is 5.56 Å². The third-order valence-electron chi connectivity index (χ3n) is 3.74. The smallest absolute Gasteiger partial charge is 0.280 e. The van der Waals surface area contributed by atoms with Crippen LogP contribution in [0.4, 0.5) is 0 Å². The van der Waals surface area contributed by atoms with Gasteiger partial charge >= 0.3 is 0 Å². The number of hydrogen-bond donors (Lipinski definition) is 1. The minimum atomic E-state index is -0.626. The molecule has 1 atom stereocenters. The number of hydrogen-bond acceptors (Lipinski definition) is 3. The summed E-state index contributed by atoms with van der Waals surface area (Å²) in [7, 11) is 0. The molecular formula is C20H24N2O2. The van der Waals surface area contributed by atoms with Crippen LogP contribution in [0.1, 0.15) is 43.4 Å². The summed E-state index contributed by atoms with van der Waals surface area (Å²) in [6.45, 7) is 7.94. The largest absolute Gasteiger partial charge is 0.481 e. The van der Waals surface area contributed by atoms with Crippen molar-refractivity contribution in [3.63, 3.8) is 0 Å². The number of aryl methyl sites for hydroxylation is 1. The fourth-order valence-electron chi connectivity index (χ4n) is 2.15. The molecule has 4 heteroatoms. The molecule has 2 aromatic rings. The van der Waals surface area contributed by atoms with E-state index < -0.39 is 6.10 Å². The zero-order chi connectivity index (χ0) is 17.5. The van der Waals surface area contributed by atoms with E-state index >= 15 is 0 Å². The highest BCUT2D eigenvalue weighted by atomic mass is 16.5. The average Bonchev–Trinajstić information content (AvgIpc) is 2.57. The molecule has 1 N–H and O–H groups in total. The van der Waals surface area contributed by atoms with E-state index in [0.717, 1.165) is 16.9 Å². The second kappa shape index (κ2) is 8.29. The Morgan fingerprint density at radius 2 is 1.83 bits per heavy atom. The maximum Gasteiger partial charge on any atom is 0.280 e. The van der Waals surface area contributed by atoms with Crippen LogP contribution >= 0.6 is 0 Å². The number of benzene rings is 2. The quantitative estimate of drug-likeness (QED) is 0.644. The second-order valence-corrected chi connectivity index (χ2v) is 6.08. The number of rotatable bonds is 6. The summed E-state index contributed by atoms with van der Waals surface area (Å²) < 4.78 is 5.81. The van der Waals surface area contributed by atoms with Crippen LogP contribution in [0.5, 0.6) is 5.75 Å². The Morgan fingerprint density at radius 3 is 2.50 bits per heavy atom. The van der Waals surface area contributed by atoms with Gasteiger partial charge in [0.1, 0.15) is 5.75 Å². The number of carbonyl (C=O) groups is 1. The van der Waals surface area contributed by atoms with Gasteiger partial charge in [0.25, 0.3) is 5.91 Å². The zero-order valence-corrected chi connectivity index (χ0v) is 14.6. The van der Waals surface area contributed by atoms with Crippen molar-refractivity contribution in [1.29, 1.82) is 0 Å². The van der Waals surface area contributed by atoms with Crippen molar-refractivity contribution in [1.82, 2.24) is 5.43 Å². The molecule has 0 aliphatic carbocycles. The monoisotopic (exact) mass is 324 g/mol. The lowest BCUT2D eigenvalue weighted by atomic mass is 10.0. The molecule has 0 fully saturated rings. The molecule has 0 bridgehead atoms. The summed E-state index contributed by atoms with van der Waals surface area (Å²) in [6.07, 6.45) is 0.981. The average molecular weight is 324 g/mol. The van der Waals surface area contributed by atoms with Gasteiger partial charge in [-0.3, -0.25) is 4.79 Å². The lowest BCUT2D eigenvalue weighted by molar-refractivity contribution is -0.127. The van der Waals surface area contributed by atoms with E-state index in [1.54, 1.807) is 13.1 Å². The number of carbonyl (C=O) groups excluding carboxylic acids is 1. The number of nitrogens with zero attached hydrogens (tertiary/aromatic N) is 1. The van der Waals surface area contributed by atoms with Gasteiger partial charge in [-0.25, -0.2) is 5.43 Å². The van der Waals surface area contributed by atoms with Crippen LogP contribution in [-0.4, -0.2) is 18.2 Å². The van der Waals surface area contributed by atoms with Crippen LogP contribution in [-0.2, 0) is 4.79 Å². The lowest BCUT2D eigenvalue weighted by Crippen LogP contribution is -2.33. The molecule has 0 saturated heterocycles. The normalized spacial score (nSPS) is 12.4. The predicted octanol–water partition coefficient (Wildman–Crippen LogP) is 4.04. The van der Waals surface area contributed by atoms with E-state index in [-0.39, 0.29) is 5.91 Å². The van der Waals surface area contributed by atoms with Crippen molar-refractivity contribution < 1.29 is 9.53 Å². The van der Waals surface area contributed by atoms with Gasteiger partial charge in [-0.2, -0.15) is 5.10 Å². The number of nitrogens with one attached hydrogen (secondary N) is 1. The molecule has 0 saturated carbocycles. The molecule has 0 spiro atoms. The molecule has 2 aromatic carbocycles. The molecule has 0 heterocycles. The second-order valence-electron chi connectivity index (χ2n) is 6.08. The maximum absolute atomic E-state index is 12.1. The van der Waals surface area contributed by atoms with Crippen LogP contribution in [0, 0.1) is 6.92 Å². The van der Waals surface area contributed by atoms with E-state index in [1.807, 2.05) is 49.4 Å². The Labute approximate surface area is 143 Å². The summed E-state index contributed by atoms with van der Waals surface area (Å²) in [5.74, 6) is 0.861. The summed E-state index contributed by atoms with van der Waals surface area (Å²) in [4.78, 5) is 12.1. The molecule has 0 aliphatic heterocycles. The number of hydrazone groups is 1. The van der Waals surface area contributed by atoms with Crippen molar-refractivity contribution in [2.45, 2.75) is 39.7 Å². The van der Waals surface area contributed by atoms with Crippen LogP contribution < -0.4 is 10.2 Å². The van der Waals surface area contributed by atoms with Gasteiger partial charge in [0.05, 0.1) is 6.21 Å². The number of ether oxygens (including phenoxy) is 1. The molecule has 0 radical (unpaired) electrons. The highest BCUT2D eigenvalue weighted by Crippen LogP contribution is 2.25. The lowest BCUT2D eigenvalue weighted by Gasteiger charge is -2.16. The van der Waals surface area contributed by atoms with Gasteiger partial charge in [0.15, 0.2) is 6.10 Å². The van der Waals surface area contributed by atoms with Gasteiger partial charge in [-0.05, 0) is 42.5 Å². The highest BCUT2D eigenvalue weighted by Gasteiger charge is 2.15. The Balaban J connectivity index is 1.96. The van der Waals surface area contributed by atoms with Crippen LogP contribution in [0.2, 0.25) is 0 Å². The summed E-state index contributed by atoms with van der Waals surface area (Å²) in [5.41, 5.74) is 5.63. The molecular weight excluding hydrogens is 300 g/mol. The van der Waals surface area contributed by atoms with Crippen LogP contribution in [0.15, 0.2) is 53.6 Å². The van der Waals surface area contributed by atoms with Gasteiger partial charge in [0.2, 0.25) is 0 Å². The molecule has 0 aromatic heterocycles. The summed E-state index contributed by atoms with van der Waals surface area (Å²) >= 11 is 0. The molecule has 2 rings (SSSR count). The number of amides is 1. The SMILES string of the molecule is Cc1ccc(C(C)C)cc1O[C@@H](C)C(=O)N/N=C\c1ccccc1. The van der Waals surface area contributed by atoms with Gasteiger partial charge in [-0.15, -0.1) is 0 Å². The summed E-state index contributed by atoms with van der Waals surface area (Å²) in [5, 5.41) is 3.97. The molecule has 0 unspecified atom stereocenters. The fourth-order valence-corrected chi connectivity index (χ4v) is 2.15. The first kappa shape index (κ1) is 17.7. The first-order chi connectivity index (χ1) is 11.5. The predicted molar refractivity (Wildman–Crippen MR) is 97.5 cm³/mol. The van der Waals surface area contributed by atoms with Gasteiger partial charge < -0.3 is 4.74 Å². The first-order valence-corrected chi connectivity index (χ1v) is 8.12. The topological polar surface area (TPSA) is 50.7 Å². The molecule has 0 aliphatic rings. The van der Waals surface area contributed by atoms with Crippen LogP contribution in [0.3, 0.4) is 0 Å². The first-order valence-electron chi connectivity index (χ1n) is 8.12. The minimum absolute atomic E-state index is 0.281. The maximum atomic E-state index is 12.1. The Bertz CT molecular complexity index is 709. The molecule has 24 heavy (non-hydrogen) atoms. The minimum Gasteiger partial charge on any atom is -0.481 e. The third-order valence-corrected chi connectivity index (χ3v) is 3.74. The molecule has 1 amide bonds. The van der Waals surface area contributed by atoms with E-state index in [2.05, 4.69) is 30.4 Å². The van der Waals surface area contributed by atoms with Gasteiger partial charge in [-0.1, -0.05) is 56.3 Å². The van der Waals surface area contributed by atoms with Crippen LogP contribution in [0.25, 0.3) is 0 Å². The third kappa shape index (κ3) is 4.95. The fraction of sp³-hybridized carbons (Fsp3) is 0.300. The standard InChI is InChI=1S/C20H24N2O2/c1-14(2)18-11-10-15(3)19(12-18)24-16(4)20(23)22-21-13-17-8-6-5-7-9-17/h5-14,16H,1-4H3,(H,22,23)/b21-13-/t16-/m0/s1. The van der Waals surface area contributed by atoms with Crippen molar-refractivity contribution in [2.75, 3.05) is 0 Å². The Morgan fingerprint density at radius 1 is 1.12 bits per heavy atom. The van der Waals surface area contributed by atoms with Crippen molar-refractivity contribution >= 4 is 12.1 Å². The van der Waals surface area contributed by atoms with Crippen molar-refractivity contribution in [3.05, 3.63) is 65.2 Å². The van der Waals surface area contributed by atoms with E-state index in [9.17, 15) is 4.79 Å². The molecule has 4 nitrogen and oxygen atoms in total. The van der Waals surface area contributed by atoms with Crippen molar-refractivity contribution in [2.24, 2.45) is 5.10 Å². The Hall–Kier alpha value is -2.62. The van der Waals surface area contributed by atoms with Crippen molar-refractivity contribution in [3.8, 4) is 5.75 Å². The van der Waals surface area contributed by atoms with Gasteiger partial charge in [0, 0.05) is 0 Å². The summed E-state index contributed by atoms with van der Waals surface area (Å²) in [6, 6.07) is 15.7. The highest BCUT2D eigenvalue weighted by molar-refractivity contribution is 5.84.